The van der Waals surface area contributed by atoms with Crippen LogP contribution in [0, 0.1) is 39.0 Å². The Hall–Kier alpha value is -3.29. The molecule has 2 aromatic carbocycles. The van der Waals surface area contributed by atoms with Crippen LogP contribution in [0.25, 0.3) is 11.8 Å². The van der Waals surface area contributed by atoms with Gasteiger partial charge in [0, 0.05) is 27.8 Å². The number of anilines is 1. The van der Waals surface area contributed by atoms with Gasteiger partial charge in [0.2, 0.25) is 0 Å². The van der Waals surface area contributed by atoms with Gasteiger partial charge in [-0.3, -0.25) is 4.79 Å². The van der Waals surface area contributed by atoms with E-state index in [1.54, 1.807) is 18.2 Å². The summed E-state index contributed by atoms with van der Waals surface area (Å²) in [7, 11) is 0. The van der Waals surface area contributed by atoms with E-state index in [-0.39, 0.29) is 5.57 Å². The molecule has 3 rings (SSSR count). The van der Waals surface area contributed by atoms with E-state index in [0.717, 1.165) is 28.2 Å². The van der Waals surface area contributed by atoms with Crippen molar-refractivity contribution in [3.05, 3.63) is 87.2 Å². The molecular weight excluding hydrogens is 382 g/mol. The van der Waals surface area contributed by atoms with Crippen LogP contribution in [0.4, 0.5) is 5.69 Å². The quantitative estimate of drug-likeness (QED) is 0.434. The van der Waals surface area contributed by atoms with Crippen molar-refractivity contribution >= 4 is 29.3 Å². The lowest BCUT2D eigenvalue weighted by atomic mass is 10.1. The molecule has 1 heterocycles. The number of nitrogens with zero attached hydrogens (tertiary/aromatic N) is 2. The zero-order valence-corrected chi connectivity index (χ0v) is 17.6. The van der Waals surface area contributed by atoms with Crippen molar-refractivity contribution in [3.8, 4) is 11.8 Å². The summed E-state index contributed by atoms with van der Waals surface area (Å²) in [5.41, 5.74) is 6.55. The molecule has 0 aliphatic heterocycles. The normalized spacial score (nSPS) is 11.2. The van der Waals surface area contributed by atoms with E-state index < -0.39 is 5.91 Å². The number of halogens is 1. The molecule has 0 bridgehead atoms. The smallest absolute Gasteiger partial charge is 0.266 e. The van der Waals surface area contributed by atoms with E-state index in [4.69, 9.17) is 11.6 Å². The molecule has 0 saturated heterocycles. The molecule has 1 N–H and O–H groups in total. The van der Waals surface area contributed by atoms with Crippen molar-refractivity contribution < 1.29 is 4.79 Å². The molecule has 0 atom stereocenters. The lowest BCUT2D eigenvalue weighted by Gasteiger charge is -2.10. The lowest BCUT2D eigenvalue weighted by Crippen LogP contribution is -2.13. The summed E-state index contributed by atoms with van der Waals surface area (Å²) in [6, 6.07) is 17.5. The minimum Gasteiger partial charge on any atom is -0.321 e. The second-order valence-corrected chi connectivity index (χ2v) is 7.50. The van der Waals surface area contributed by atoms with Gasteiger partial charge in [-0.25, -0.2) is 0 Å². The molecular formula is C24H22ClN3O. The number of nitrogens with one attached hydrogen (secondary N) is 1. The highest BCUT2D eigenvalue weighted by molar-refractivity contribution is 6.31. The van der Waals surface area contributed by atoms with E-state index in [2.05, 4.69) is 16.0 Å². The predicted molar refractivity (Wildman–Crippen MR) is 118 cm³/mol. The molecule has 146 valence electrons. The summed E-state index contributed by atoms with van der Waals surface area (Å²) in [6.45, 7) is 7.92. The van der Waals surface area contributed by atoms with E-state index in [1.807, 2.05) is 64.1 Å². The fraction of sp³-hybridized carbons (Fsp3) is 0.167. The Bertz CT molecular complexity index is 1170. The van der Waals surface area contributed by atoms with Crippen molar-refractivity contribution in [3.63, 3.8) is 0 Å². The average molecular weight is 404 g/mol. The van der Waals surface area contributed by atoms with Gasteiger partial charge in [-0.05, 0) is 80.8 Å². The van der Waals surface area contributed by atoms with Crippen LogP contribution in [0.5, 0.6) is 0 Å². The fourth-order valence-electron chi connectivity index (χ4n) is 3.27. The molecule has 5 heteroatoms. The van der Waals surface area contributed by atoms with Crippen LogP contribution >= 0.6 is 11.6 Å². The Labute approximate surface area is 176 Å². The Morgan fingerprint density at radius 2 is 1.86 bits per heavy atom. The van der Waals surface area contributed by atoms with Gasteiger partial charge in [0.1, 0.15) is 11.6 Å². The number of aryl methyl sites for hydroxylation is 3. The summed E-state index contributed by atoms with van der Waals surface area (Å²) in [4.78, 5) is 12.6. The van der Waals surface area contributed by atoms with Crippen LogP contribution in [0.2, 0.25) is 5.02 Å². The molecule has 0 fully saturated rings. The summed E-state index contributed by atoms with van der Waals surface area (Å²) >= 11 is 6.12. The number of rotatable bonds is 4. The summed E-state index contributed by atoms with van der Waals surface area (Å²) < 4.78 is 2.12. The number of amides is 1. The zero-order valence-electron chi connectivity index (χ0n) is 16.9. The van der Waals surface area contributed by atoms with Gasteiger partial charge in [-0.2, -0.15) is 5.26 Å². The number of carbonyl (C=O) groups excluding carboxylic acids is 1. The topological polar surface area (TPSA) is 57.8 Å². The highest BCUT2D eigenvalue weighted by Gasteiger charge is 2.14. The second-order valence-electron chi connectivity index (χ2n) is 7.09. The first-order valence-electron chi connectivity index (χ1n) is 9.25. The number of carbonyl (C=O) groups is 1. The maximum atomic E-state index is 12.6. The number of hydrogen-bond donors (Lipinski definition) is 1. The highest BCUT2D eigenvalue weighted by atomic mass is 35.5. The Morgan fingerprint density at radius 3 is 2.52 bits per heavy atom. The predicted octanol–water partition coefficient (Wildman–Crippen LogP) is 5.91. The fourth-order valence-corrected chi connectivity index (χ4v) is 3.45. The molecule has 0 radical (unpaired) electrons. The van der Waals surface area contributed by atoms with Crippen LogP contribution in [0.1, 0.15) is 28.1 Å². The summed E-state index contributed by atoms with van der Waals surface area (Å²) in [5.74, 6) is -0.465. The van der Waals surface area contributed by atoms with Gasteiger partial charge < -0.3 is 9.88 Å². The van der Waals surface area contributed by atoms with Crippen LogP contribution in [-0.4, -0.2) is 10.5 Å². The van der Waals surface area contributed by atoms with Gasteiger partial charge >= 0.3 is 0 Å². The third-order valence-corrected chi connectivity index (χ3v) is 5.23. The lowest BCUT2D eigenvalue weighted by molar-refractivity contribution is -0.112. The molecule has 4 nitrogen and oxygen atoms in total. The number of nitriles is 1. The molecule has 1 aromatic heterocycles. The first-order chi connectivity index (χ1) is 13.8. The van der Waals surface area contributed by atoms with Crippen molar-refractivity contribution in [1.29, 1.82) is 5.26 Å². The maximum absolute atomic E-state index is 12.6. The van der Waals surface area contributed by atoms with Crippen LogP contribution in [0.3, 0.4) is 0 Å². The molecule has 0 aliphatic carbocycles. The van der Waals surface area contributed by atoms with E-state index >= 15 is 0 Å². The first-order valence-corrected chi connectivity index (χ1v) is 9.63. The highest BCUT2D eigenvalue weighted by Crippen LogP contribution is 2.24. The van der Waals surface area contributed by atoms with Gasteiger partial charge in [-0.15, -0.1) is 0 Å². The third kappa shape index (κ3) is 4.42. The van der Waals surface area contributed by atoms with Crippen molar-refractivity contribution in [2.75, 3.05) is 5.32 Å². The van der Waals surface area contributed by atoms with Crippen LogP contribution < -0.4 is 5.32 Å². The molecule has 3 aromatic rings. The first kappa shape index (κ1) is 20.4. The zero-order chi connectivity index (χ0) is 21.1. The average Bonchev–Trinajstić information content (AvgIpc) is 2.95. The molecule has 0 spiro atoms. The molecule has 0 aliphatic rings. The van der Waals surface area contributed by atoms with Gasteiger partial charge in [0.25, 0.3) is 5.91 Å². The SMILES string of the molecule is Cc1cccc(-n2c(C)cc(/C=C(/C#N)C(=O)Nc3ccc(C)c(Cl)c3)c2C)c1. The second kappa shape index (κ2) is 8.38. The van der Waals surface area contributed by atoms with E-state index in [9.17, 15) is 10.1 Å². The minimum atomic E-state index is -0.465. The maximum Gasteiger partial charge on any atom is 0.266 e. The number of aromatic nitrogens is 1. The number of benzene rings is 2. The van der Waals surface area contributed by atoms with E-state index in [1.165, 1.54) is 5.56 Å². The summed E-state index contributed by atoms with van der Waals surface area (Å²) in [5, 5.41) is 12.8. The minimum absolute atomic E-state index is 0.0335. The van der Waals surface area contributed by atoms with E-state index in [0.29, 0.717) is 10.7 Å². The Balaban J connectivity index is 1.93. The van der Waals surface area contributed by atoms with Crippen molar-refractivity contribution in [1.82, 2.24) is 4.57 Å². The standard InChI is InChI=1S/C24H22ClN3O/c1-15-6-5-7-22(10-15)28-17(3)11-19(18(28)4)12-20(14-26)24(29)27-21-9-8-16(2)23(25)13-21/h5-13H,1-4H3,(H,27,29)/b20-12-. The Kier molecular flexibility index (Phi) is 5.91. The third-order valence-electron chi connectivity index (χ3n) is 4.82. The van der Waals surface area contributed by atoms with Crippen LogP contribution in [0.15, 0.2) is 54.1 Å². The largest absolute Gasteiger partial charge is 0.321 e. The number of hydrogen-bond acceptors (Lipinski definition) is 2. The van der Waals surface area contributed by atoms with Gasteiger partial charge in [0.15, 0.2) is 0 Å². The van der Waals surface area contributed by atoms with Crippen LogP contribution in [-0.2, 0) is 4.79 Å². The van der Waals surface area contributed by atoms with Crippen molar-refractivity contribution in [2.24, 2.45) is 0 Å². The van der Waals surface area contributed by atoms with Crippen molar-refractivity contribution in [2.45, 2.75) is 27.7 Å². The summed E-state index contributed by atoms with van der Waals surface area (Å²) in [6.07, 6.45) is 1.62. The molecule has 1 amide bonds. The molecule has 29 heavy (non-hydrogen) atoms. The molecule has 0 saturated carbocycles. The Morgan fingerprint density at radius 1 is 1.10 bits per heavy atom. The molecule has 0 unspecified atom stereocenters. The van der Waals surface area contributed by atoms with Gasteiger partial charge in [0.05, 0.1) is 0 Å². The monoisotopic (exact) mass is 403 g/mol. The van der Waals surface area contributed by atoms with Gasteiger partial charge in [-0.1, -0.05) is 29.8 Å².